The van der Waals surface area contributed by atoms with Crippen molar-refractivity contribution >= 4 is 39.7 Å². The van der Waals surface area contributed by atoms with Crippen molar-refractivity contribution in [1.82, 2.24) is 4.98 Å². The first-order valence-electron chi connectivity index (χ1n) is 5.73. The lowest BCUT2D eigenvalue weighted by Gasteiger charge is -2.24. The molecular weight excluding hydrogens is 306 g/mol. The van der Waals surface area contributed by atoms with Gasteiger partial charge in [-0.25, -0.2) is 9.37 Å². The van der Waals surface area contributed by atoms with Crippen molar-refractivity contribution < 1.29 is 4.39 Å². The van der Waals surface area contributed by atoms with E-state index < -0.39 is 0 Å². The third-order valence-corrected chi connectivity index (χ3v) is 4.99. The number of halogens is 3. The molecule has 0 aliphatic carbocycles. The van der Waals surface area contributed by atoms with Gasteiger partial charge in [-0.2, -0.15) is 0 Å². The van der Waals surface area contributed by atoms with Crippen LogP contribution in [-0.2, 0) is 5.88 Å². The van der Waals surface area contributed by atoms with E-state index in [0.717, 1.165) is 10.0 Å². The molecule has 2 nitrogen and oxygen atoms in total. The number of rotatable bonds is 4. The second-order valence-corrected chi connectivity index (χ2v) is 5.84. The highest BCUT2D eigenvalue weighted by Crippen LogP contribution is 2.34. The molecule has 0 aliphatic rings. The van der Waals surface area contributed by atoms with Crippen molar-refractivity contribution in [3.05, 3.63) is 45.7 Å². The molecule has 0 spiro atoms. The molecule has 1 aromatic carbocycles. The van der Waals surface area contributed by atoms with Crippen molar-refractivity contribution in [2.24, 2.45) is 0 Å². The Balaban J connectivity index is 2.28. The van der Waals surface area contributed by atoms with E-state index in [1.54, 1.807) is 12.1 Å². The predicted molar refractivity (Wildman–Crippen MR) is 79.9 cm³/mol. The quantitative estimate of drug-likeness (QED) is 0.747. The maximum atomic E-state index is 13.8. The number of aromatic nitrogens is 1. The molecule has 0 saturated heterocycles. The maximum absolute atomic E-state index is 13.8. The summed E-state index contributed by atoms with van der Waals surface area (Å²) in [7, 11) is 1.87. The lowest BCUT2D eigenvalue weighted by molar-refractivity contribution is 0.585. The summed E-state index contributed by atoms with van der Waals surface area (Å²) < 4.78 is 13.8. The third kappa shape index (κ3) is 3.02. The summed E-state index contributed by atoms with van der Waals surface area (Å²) in [5.74, 6) is 0.111. The molecule has 2 rings (SSSR count). The SMILES string of the molecule is CC(c1ccccc1F)N(C)c1nc(Cl)c(CCl)s1. The number of nitrogens with zero attached hydrogens (tertiary/aromatic N) is 2. The van der Waals surface area contributed by atoms with Crippen LogP contribution in [0.5, 0.6) is 0 Å². The lowest BCUT2D eigenvalue weighted by Crippen LogP contribution is -2.22. The summed E-state index contributed by atoms with van der Waals surface area (Å²) in [5, 5.41) is 1.15. The van der Waals surface area contributed by atoms with Crippen molar-refractivity contribution in [1.29, 1.82) is 0 Å². The first kappa shape index (κ1) is 14.6. The number of benzene rings is 1. The minimum Gasteiger partial charge on any atom is -0.344 e. The van der Waals surface area contributed by atoms with Gasteiger partial charge in [0.1, 0.15) is 11.0 Å². The van der Waals surface area contributed by atoms with Gasteiger partial charge in [0.25, 0.3) is 0 Å². The summed E-state index contributed by atoms with van der Waals surface area (Å²) in [5.41, 5.74) is 0.628. The fourth-order valence-electron chi connectivity index (χ4n) is 1.74. The zero-order valence-electron chi connectivity index (χ0n) is 10.5. The number of thiazole rings is 1. The molecule has 6 heteroatoms. The van der Waals surface area contributed by atoms with Crippen LogP contribution in [0.25, 0.3) is 0 Å². The van der Waals surface area contributed by atoms with Gasteiger partial charge in [-0.05, 0) is 13.0 Å². The van der Waals surface area contributed by atoms with E-state index >= 15 is 0 Å². The summed E-state index contributed by atoms with van der Waals surface area (Å²) >= 11 is 13.2. The van der Waals surface area contributed by atoms with Crippen LogP contribution in [0.2, 0.25) is 5.15 Å². The van der Waals surface area contributed by atoms with Crippen molar-refractivity contribution in [2.45, 2.75) is 18.8 Å². The van der Waals surface area contributed by atoms with E-state index in [1.807, 2.05) is 24.9 Å². The monoisotopic (exact) mass is 318 g/mol. The molecule has 1 aromatic heterocycles. The molecule has 0 bridgehead atoms. The molecule has 102 valence electrons. The Kier molecular flexibility index (Phi) is 4.66. The zero-order chi connectivity index (χ0) is 14.0. The molecule has 0 fully saturated rings. The van der Waals surface area contributed by atoms with Crippen LogP contribution in [0.1, 0.15) is 23.4 Å². The number of hydrogen-bond donors (Lipinski definition) is 0. The molecule has 1 heterocycles. The maximum Gasteiger partial charge on any atom is 0.187 e. The van der Waals surface area contributed by atoms with Crippen LogP contribution in [0, 0.1) is 5.82 Å². The minimum atomic E-state index is -0.220. The van der Waals surface area contributed by atoms with Crippen LogP contribution >= 0.6 is 34.5 Å². The molecule has 2 aromatic rings. The average molecular weight is 319 g/mol. The van der Waals surface area contributed by atoms with Gasteiger partial charge in [0.2, 0.25) is 0 Å². The van der Waals surface area contributed by atoms with Gasteiger partial charge in [0.15, 0.2) is 5.13 Å². The van der Waals surface area contributed by atoms with Crippen LogP contribution in [0.3, 0.4) is 0 Å². The zero-order valence-corrected chi connectivity index (χ0v) is 12.9. The van der Waals surface area contributed by atoms with E-state index in [4.69, 9.17) is 23.2 Å². The average Bonchev–Trinajstić information content (AvgIpc) is 2.79. The van der Waals surface area contributed by atoms with Crippen molar-refractivity contribution in [2.75, 3.05) is 11.9 Å². The van der Waals surface area contributed by atoms with Gasteiger partial charge in [-0.1, -0.05) is 41.1 Å². The van der Waals surface area contributed by atoms with Crippen LogP contribution in [0.4, 0.5) is 9.52 Å². The largest absolute Gasteiger partial charge is 0.344 e. The van der Waals surface area contributed by atoms with Gasteiger partial charge in [-0.15, -0.1) is 11.6 Å². The minimum absolute atomic E-state index is 0.133. The molecule has 1 atom stereocenters. The topological polar surface area (TPSA) is 16.1 Å². The highest BCUT2D eigenvalue weighted by atomic mass is 35.5. The standard InChI is InChI=1S/C13H13Cl2FN2S/c1-8(9-5-3-4-6-10(9)16)18(2)13-17-12(15)11(7-14)19-13/h3-6,8H,7H2,1-2H3. The normalized spacial score (nSPS) is 12.5. The molecule has 19 heavy (non-hydrogen) atoms. The van der Waals surface area contributed by atoms with Crippen LogP contribution < -0.4 is 4.90 Å². The lowest BCUT2D eigenvalue weighted by atomic mass is 10.1. The summed E-state index contributed by atoms with van der Waals surface area (Å²) in [6, 6.07) is 6.60. The van der Waals surface area contributed by atoms with Gasteiger partial charge in [0.05, 0.1) is 16.8 Å². The van der Waals surface area contributed by atoms with E-state index in [0.29, 0.717) is 16.6 Å². The Morgan fingerprint density at radius 1 is 1.42 bits per heavy atom. The number of alkyl halides is 1. The molecule has 0 radical (unpaired) electrons. The summed E-state index contributed by atoms with van der Waals surface area (Å²) in [4.78, 5) is 6.98. The molecule has 0 saturated carbocycles. The molecule has 0 N–H and O–H groups in total. The summed E-state index contributed by atoms with van der Waals surface area (Å²) in [6.45, 7) is 1.92. The second kappa shape index (κ2) is 6.07. The Hall–Kier alpha value is -0.840. The second-order valence-electron chi connectivity index (χ2n) is 4.15. The predicted octanol–water partition coefficient (Wildman–Crippen LogP) is 4.87. The van der Waals surface area contributed by atoms with Gasteiger partial charge < -0.3 is 4.90 Å². The molecule has 0 aliphatic heterocycles. The fourth-order valence-corrected chi connectivity index (χ4v) is 3.26. The van der Waals surface area contributed by atoms with Crippen LogP contribution in [0.15, 0.2) is 24.3 Å². The molecule has 0 amide bonds. The van der Waals surface area contributed by atoms with E-state index in [1.165, 1.54) is 17.4 Å². The molecule has 1 unspecified atom stereocenters. The van der Waals surface area contributed by atoms with Gasteiger partial charge in [-0.3, -0.25) is 0 Å². The number of hydrogen-bond acceptors (Lipinski definition) is 3. The highest BCUT2D eigenvalue weighted by Gasteiger charge is 2.19. The van der Waals surface area contributed by atoms with Crippen molar-refractivity contribution in [3.8, 4) is 0 Å². The fraction of sp³-hybridized carbons (Fsp3) is 0.308. The third-order valence-electron chi connectivity index (χ3n) is 3.00. The Bertz CT molecular complexity index is 574. The van der Waals surface area contributed by atoms with E-state index in [9.17, 15) is 4.39 Å². The smallest absolute Gasteiger partial charge is 0.187 e. The Labute approximate surface area is 125 Å². The van der Waals surface area contributed by atoms with E-state index in [2.05, 4.69) is 4.98 Å². The van der Waals surface area contributed by atoms with Gasteiger partial charge in [0, 0.05) is 12.6 Å². The first-order valence-corrected chi connectivity index (χ1v) is 7.46. The first-order chi connectivity index (χ1) is 9.04. The highest BCUT2D eigenvalue weighted by molar-refractivity contribution is 7.16. The van der Waals surface area contributed by atoms with Crippen LogP contribution in [-0.4, -0.2) is 12.0 Å². The van der Waals surface area contributed by atoms with Crippen molar-refractivity contribution in [3.63, 3.8) is 0 Å². The number of anilines is 1. The summed E-state index contributed by atoms with van der Waals surface area (Å²) in [6.07, 6.45) is 0. The molecular formula is C13H13Cl2FN2S. The van der Waals surface area contributed by atoms with E-state index in [-0.39, 0.29) is 11.9 Å². The van der Waals surface area contributed by atoms with Gasteiger partial charge >= 0.3 is 0 Å². The Morgan fingerprint density at radius 2 is 2.11 bits per heavy atom. The Morgan fingerprint density at radius 3 is 2.68 bits per heavy atom.